The highest BCUT2D eigenvalue weighted by molar-refractivity contribution is 5.76. The van der Waals surface area contributed by atoms with Gasteiger partial charge in [0.15, 0.2) is 5.58 Å². The molecule has 2 aromatic carbocycles. The van der Waals surface area contributed by atoms with Gasteiger partial charge >= 0.3 is 0 Å². The first-order valence-electron chi connectivity index (χ1n) is 5.52. The first kappa shape index (κ1) is 10.1. The van der Waals surface area contributed by atoms with Crippen LogP contribution in [0.2, 0.25) is 0 Å². The van der Waals surface area contributed by atoms with Crippen LogP contribution in [0.5, 0.6) is 0 Å². The fraction of sp³-hybridized carbons (Fsp3) is 0.0714. The summed E-state index contributed by atoms with van der Waals surface area (Å²) >= 11 is 0. The zero-order valence-corrected chi connectivity index (χ0v) is 9.26. The minimum Gasteiger partial charge on any atom is -0.436 e. The summed E-state index contributed by atoms with van der Waals surface area (Å²) < 4.78 is 5.73. The Bertz CT molecular complexity index is 644. The van der Waals surface area contributed by atoms with E-state index in [1.807, 2.05) is 48.5 Å². The van der Waals surface area contributed by atoms with Gasteiger partial charge < -0.3 is 10.2 Å². The van der Waals surface area contributed by atoms with E-state index < -0.39 is 0 Å². The number of hydrogen-bond acceptors (Lipinski definition) is 3. The van der Waals surface area contributed by atoms with Crippen molar-refractivity contribution in [1.29, 1.82) is 0 Å². The normalized spacial score (nSPS) is 10.9. The second kappa shape index (κ2) is 4.03. The van der Waals surface area contributed by atoms with Crippen molar-refractivity contribution < 1.29 is 4.42 Å². The van der Waals surface area contributed by atoms with Crippen LogP contribution in [0.25, 0.3) is 22.6 Å². The number of aromatic nitrogens is 1. The first-order valence-corrected chi connectivity index (χ1v) is 5.52. The van der Waals surface area contributed by atoms with Crippen molar-refractivity contribution in [2.75, 3.05) is 0 Å². The van der Waals surface area contributed by atoms with E-state index in [9.17, 15) is 0 Å². The second-order valence-electron chi connectivity index (χ2n) is 3.89. The second-order valence-corrected chi connectivity index (χ2v) is 3.89. The lowest BCUT2D eigenvalue weighted by Crippen LogP contribution is -1.94. The number of fused-ring (bicyclic) bond motifs is 1. The Hall–Kier alpha value is -2.13. The van der Waals surface area contributed by atoms with Crippen molar-refractivity contribution in [3.05, 3.63) is 54.1 Å². The molecule has 0 radical (unpaired) electrons. The molecule has 0 unspecified atom stereocenters. The summed E-state index contributed by atoms with van der Waals surface area (Å²) in [5, 5.41) is 0. The monoisotopic (exact) mass is 224 g/mol. The van der Waals surface area contributed by atoms with Crippen molar-refractivity contribution in [2.24, 2.45) is 5.73 Å². The molecule has 0 atom stereocenters. The van der Waals surface area contributed by atoms with Crippen LogP contribution in [0.4, 0.5) is 0 Å². The summed E-state index contributed by atoms with van der Waals surface area (Å²) in [6.07, 6.45) is 0. The van der Waals surface area contributed by atoms with Gasteiger partial charge in [-0.1, -0.05) is 24.3 Å². The van der Waals surface area contributed by atoms with Crippen LogP contribution in [0.3, 0.4) is 0 Å². The van der Waals surface area contributed by atoms with Crippen molar-refractivity contribution >= 4 is 11.1 Å². The van der Waals surface area contributed by atoms with E-state index in [0.717, 1.165) is 22.2 Å². The number of rotatable bonds is 2. The third-order valence-electron chi connectivity index (χ3n) is 2.71. The third kappa shape index (κ3) is 1.81. The fourth-order valence-corrected chi connectivity index (χ4v) is 1.80. The number of hydrogen-bond donors (Lipinski definition) is 1. The van der Waals surface area contributed by atoms with Gasteiger partial charge in [-0.3, -0.25) is 0 Å². The average Bonchev–Trinajstić information content (AvgIpc) is 2.82. The molecule has 0 aliphatic carbocycles. The topological polar surface area (TPSA) is 52.0 Å². The van der Waals surface area contributed by atoms with Gasteiger partial charge in [-0.05, 0) is 29.8 Å². The molecule has 0 saturated carbocycles. The third-order valence-corrected chi connectivity index (χ3v) is 2.71. The van der Waals surface area contributed by atoms with Crippen LogP contribution >= 0.6 is 0 Å². The number of nitrogens with zero attached hydrogens (tertiary/aromatic N) is 1. The SMILES string of the molecule is NCc1ccc2nc(-c3ccccc3)oc2c1. The number of nitrogens with two attached hydrogens (primary N) is 1. The summed E-state index contributed by atoms with van der Waals surface area (Å²) in [5.41, 5.74) is 9.28. The van der Waals surface area contributed by atoms with Crippen molar-refractivity contribution in [1.82, 2.24) is 4.98 Å². The Morgan fingerprint density at radius 1 is 1.06 bits per heavy atom. The van der Waals surface area contributed by atoms with Gasteiger partial charge in [-0.25, -0.2) is 4.98 Å². The lowest BCUT2D eigenvalue weighted by atomic mass is 10.2. The van der Waals surface area contributed by atoms with E-state index >= 15 is 0 Å². The maximum absolute atomic E-state index is 5.73. The van der Waals surface area contributed by atoms with Gasteiger partial charge in [0.2, 0.25) is 5.89 Å². The maximum Gasteiger partial charge on any atom is 0.227 e. The summed E-state index contributed by atoms with van der Waals surface area (Å²) in [6.45, 7) is 0.511. The molecular formula is C14H12N2O. The molecule has 0 spiro atoms. The van der Waals surface area contributed by atoms with Crippen LogP contribution in [-0.2, 0) is 6.54 Å². The summed E-state index contributed by atoms with van der Waals surface area (Å²) in [5.74, 6) is 0.648. The van der Waals surface area contributed by atoms with Crippen LogP contribution in [0.1, 0.15) is 5.56 Å². The molecule has 84 valence electrons. The van der Waals surface area contributed by atoms with E-state index in [1.165, 1.54) is 0 Å². The molecule has 0 aliphatic rings. The summed E-state index contributed by atoms with van der Waals surface area (Å²) in [7, 11) is 0. The maximum atomic E-state index is 5.73. The van der Waals surface area contributed by atoms with Crippen molar-refractivity contribution in [3.63, 3.8) is 0 Å². The lowest BCUT2D eigenvalue weighted by Gasteiger charge is -1.93. The van der Waals surface area contributed by atoms with Gasteiger partial charge in [-0.2, -0.15) is 0 Å². The molecule has 0 amide bonds. The van der Waals surface area contributed by atoms with Crippen LogP contribution in [-0.4, -0.2) is 4.98 Å². The van der Waals surface area contributed by atoms with Gasteiger partial charge in [0.25, 0.3) is 0 Å². The van der Waals surface area contributed by atoms with Crippen molar-refractivity contribution in [3.8, 4) is 11.5 Å². The minimum absolute atomic E-state index is 0.511. The molecule has 1 aromatic heterocycles. The predicted octanol–water partition coefficient (Wildman–Crippen LogP) is 2.95. The minimum atomic E-state index is 0.511. The highest BCUT2D eigenvalue weighted by Gasteiger charge is 2.07. The number of benzene rings is 2. The fourth-order valence-electron chi connectivity index (χ4n) is 1.80. The van der Waals surface area contributed by atoms with E-state index in [-0.39, 0.29) is 0 Å². The Labute approximate surface area is 98.9 Å². The molecule has 3 aromatic rings. The average molecular weight is 224 g/mol. The van der Waals surface area contributed by atoms with Crippen LogP contribution < -0.4 is 5.73 Å². The largest absolute Gasteiger partial charge is 0.436 e. The van der Waals surface area contributed by atoms with Crippen molar-refractivity contribution in [2.45, 2.75) is 6.54 Å². The van der Waals surface area contributed by atoms with Crippen LogP contribution in [0, 0.1) is 0 Å². The molecule has 0 bridgehead atoms. The van der Waals surface area contributed by atoms with E-state index in [2.05, 4.69) is 4.98 Å². The Morgan fingerprint density at radius 3 is 2.65 bits per heavy atom. The first-order chi connectivity index (χ1) is 8.36. The standard InChI is InChI=1S/C14H12N2O/c15-9-10-6-7-12-13(8-10)17-14(16-12)11-4-2-1-3-5-11/h1-8H,9,15H2. The zero-order valence-electron chi connectivity index (χ0n) is 9.26. The zero-order chi connectivity index (χ0) is 11.7. The molecule has 3 heteroatoms. The smallest absolute Gasteiger partial charge is 0.227 e. The predicted molar refractivity (Wildman–Crippen MR) is 67.3 cm³/mol. The van der Waals surface area contributed by atoms with E-state index in [0.29, 0.717) is 12.4 Å². The summed E-state index contributed by atoms with van der Waals surface area (Å²) in [6, 6.07) is 15.7. The Kier molecular flexibility index (Phi) is 2.38. The Balaban J connectivity index is 2.14. The highest BCUT2D eigenvalue weighted by atomic mass is 16.3. The number of oxazole rings is 1. The summed E-state index contributed by atoms with van der Waals surface area (Å²) in [4.78, 5) is 4.45. The Morgan fingerprint density at radius 2 is 1.88 bits per heavy atom. The molecular weight excluding hydrogens is 212 g/mol. The molecule has 17 heavy (non-hydrogen) atoms. The molecule has 0 aliphatic heterocycles. The van der Waals surface area contributed by atoms with Gasteiger partial charge in [0.05, 0.1) is 0 Å². The molecule has 1 heterocycles. The molecule has 0 saturated heterocycles. The highest BCUT2D eigenvalue weighted by Crippen LogP contribution is 2.24. The molecule has 3 nitrogen and oxygen atoms in total. The molecule has 0 fully saturated rings. The van der Waals surface area contributed by atoms with E-state index in [4.69, 9.17) is 10.2 Å². The lowest BCUT2D eigenvalue weighted by molar-refractivity contribution is 0.619. The van der Waals surface area contributed by atoms with Crippen LogP contribution in [0.15, 0.2) is 52.9 Å². The van der Waals surface area contributed by atoms with Gasteiger partial charge in [0.1, 0.15) is 5.52 Å². The molecule has 2 N–H and O–H groups in total. The molecule has 3 rings (SSSR count). The van der Waals surface area contributed by atoms with Gasteiger partial charge in [0, 0.05) is 12.1 Å². The quantitative estimate of drug-likeness (QED) is 0.728. The van der Waals surface area contributed by atoms with Gasteiger partial charge in [-0.15, -0.1) is 0 Å². The van der Waals surface area contributed by atoms with E-state index in [1.54, 1.807) is 0 Å².